The van der Waals surface area contributed by atoms with Gasteiger partial charge in [0.15, 0.2) is 6.10 Å². The second-order valence-corrected chi connectivity index (χ2v) is 27.6. The number of rotatable bonds is 73. The quantitative estimate of drug-likeness (QED) is 0.0211. The van der Waals surface area contributed by atoms with Gasteiger partial charge in [-0.2, -0.15) is 0 Å². The van der Waals surface area contributed by atoms with Gasteiger partial charge in [-0.1, -0.05) is 349 Å². The topological polar surface area (TPSA) is 108 Å². The molecule has 0 rings (SSSR count). The third-order valence-electron chi connectivity index (χ3n) is 17.3. The summed E-state index contributed by atoms with van der Waals surface area (Å²) >= 11 is 0. The maximum absolute atomic E-state index is 13.0. The largest absolute Gasteiger partial charge is 0.477 e. The van der Waals surface area contributed by atoms with E-state index >= 15 is 0 Å². The van der Waals surface area contributed by atoms with Crippen LogP contribution in [0.4, 0.5) is 0 Å². The van der Waals surface area contributed by atoms with E-state index in [0.29, 0.717) is 17.4 Å². The molecule has 0 aliphatic heterocycles. The molecule has 0 amide bonds. The summed E-state index contributed by atoms with van der Waals surface area (Å²) in [6, 6.07) is 0. The smallest absolute Gasteiger partial charge is 0.361 e. The van der Waals surface area contributed by atoms with Crippen LogP contribution in [0, 0.1) is 0 Å². The van der Waals surface area contributed by atoms with Gasteiger partial charge in [-0.3, -0.25) is 9.59 Å². The Morgan fingerprint density at radius 2 is 0.613 bits per heavy atom. The van der Waals surface area contributed by atoms with Crippen molar-refractivity contribution in [2.75, 3.05) is 47.5 Å². The molecule has 0 saturated heterocycles. The number of carbonyl (C=O) groups is 3. The number of unbranched alkanes of at least 4 members (excludes halogenated alkanes) is 42. The Hall–Kier alpha value is -3.79. The standard InChI is InChI=1S/C84H149NO8/c1-6-8-10-12-14-16-18-20-22-24-26-28-30-32-34-36-38-40-41-43-45-47-49-51-53-55-57-59-61-63-65-67-69-71-73-75-82(87)93-80(79-92-84(83(88)89)90-77-76-85(3,4)5)78-91-81(86)74-72-70-68-66-64-62-60-58-56-54-52-50-48-46-44-42-39-37-35-33-31-29-27-25-23-21-19-17-15-13-11-9-7-2/h8,10,14,16,19-22,25-28,32,34,38,40,80,84H,6-7,9,11-13,15,17-18,23-24,29-31,33,35-37,39,41-79H2,1-5H3/p+1/b10-8-,16-14-,21-19-,22-20-,27-25-,28-26-,34-32-,40-38-. The van der Waals surface area contributed by atoms with Crippen LogP contribution in [0.2, 0.25) is 0 Å². The number of esters is 2. The molecule has 0 saturated carbocycles. The van der Waals surface area contributed by atoms with Crippen molar-refractivity contribution in [1.82, 2.24) is 0 Å². The Balaban J connectivity index is 4.02. The molecule has 1 N–H and O–H groups in total. The van der Waals surface area contributed by atoms with E-state index in [9.17, 15) is 19.5 Å². The fraction of sp³-hybridized carbons (Fsp3) is 0.774. The minimum absolute atomic E-state index is 0.181. The first-order valence-electron chi connectivity index (χ1n) is 39.4. The lowest BCUT2D eigenvalue weighted by atomic mass is 10.0. The number of allylic oxidation sites excluding steroid dienone is 16. The first-order valence-corrected chi connectivity index (χ1v) is 39.4. The van der Waals surface area contributed by atoms with Crippen molar-refractivity contribution in [3.63, 3.8) is 0 Å². The van der Waals surface area contributed by atoms with Gasteiger partial charge in [0.1, 0.15) is 13.2 Å². The number of aliphatic carboxylic acids is 1. The number of hydrogen-bond acceptors (Lipinski definition) is 7. The Morgan fingerprint density at radius 3 is 0.914 bits per heavy atom. The van der Waals surface area contributed by atoms with Gasteiger partial charge in [-0.25, -0.2) is 4.79 Å². The predicted octanol–water partition coefficient (Wildman–Crippen LogP) is 25.1. The van der Waals surface area contributed by atoms with Crippen molar-refractivity contribution in [1.29, 1.82) is 0 Å². The van der Waals surface area contributed by atoms with Gasteiger partial charge in [0.05, 0.1) is 34.4 Å². The highest BCUT2D eigenvalue weighted by Crippen LogP contribution is 2.19. The molecule has 0 aliphatic carbocycles. The van der Waals surface area contributed by atoms with Gasteiger partial charge < -0.3 is 28.5 Å². The van der Waals surface area contributed by atoms with E-state index in [1.807, 2.05) is 21.1 Å². The number of quaternary nitrogens is 1. The highest BCUT2D eigenvalue weighted by atomic mass is 16.7. The Morgan fingerprint density at radius 1 is 0.333 bits per heavy atom. The number of likely N-dealkylation sites (N-methyl/N-ethyl adjacent to an activating group) is 1. The maximum atomic E-state index is 13.0. The number of ether oxygens (including phenoxy) is 4. The molecule has 2 atom stereocenters. The fourth-order valence-corrected chi connectivity index (χ4v) is 11.3. The third-order valence-corrected chi connectivity index (χ3v) is 17.3. The SMILES string of the molecule is CC/C=C\C/C=C\C/C=C\C/C=C\C/C=C\C/C=C\CCCCCCCCCCCCCCCCCCC(=O)OC(COC(=O)CCCCCCCCCCCCCCCCCCCCCCC/C=C\C/C=C\CCCCCCC)COC(OCC[N+](C)(C)C)C(=O)O. The van der Waals surface area contributed by atoms with Gasteiger partial charge in [-0.05, 0) is 96.3 Å². The van der Waals surface area contributed by atoms with Crippen molar-refractivity contribution >= 4 is 17.9 Å². The van der Waals surface area contributed by atoms with Gasteiger partial charge in [-0.15, -0.1) is 0 Å². The molecule has 93 heavy (non-hydrogen) atoms. The van der Waals surface area contributed by atoms with Crippen LogP contribution < -0.4 is 0 Å². The molecule has 0 aromatic carbocycles. The van der Waals surface area contributed by atoms with Gasteiger partial charge >= 0.3 is 17.9 Å². The van der Waals surface area contributed by atoms with E-state index in [2.05, 4.69) is 111 Å². The monoisotopic (exact) mass is 1300 g/mol. The summed E-state index contributed by atoms with van der Waals surface area (Å²) in [7, 11) is 5.99. The molecule has 0 aromatic rings. The van der Waals surface area contributed by atoms with E-state index in [1.54, 1.807) is 0 Å². The lowest BCUT2D eigenvalue weighted by Gasteiger charge is -2.25. The predicted molar refractivity (Wildman–Crippen MR) is 401 cm³/mol. The molecular formula is C84H150NO8+. The average molecular weight is 1300 g/mol. The number of hydrogen-bond donors (Lipinski definition) is 1. The van der Waals surface area contributed by atoms with E-state index in [0.717, 1.165) is 83.5 Å². The Bertz CT molecular complexity index is 1850. The first-order chi connectivity index (χ1) is 45.6. The molecule has 9 heteroatoms. The molecule has 0 fully saturated rings. The van der Waals surface area contributed by atoms with Crippen molar-refractivity contribution in [2.24, 2.45) is 0 Å². The van der Waals surface area contributed by atoms with Crippen molar-refractivity contribution in [3.05, 3.63) is 97.2 Å². The minimum Gasteiger partial charge on any atom is -0.477 e. The summed E-state index contributed by atoms with van der Waals surface area (Å²) in [5.74, 6) is -1.99. The molecule has 0 radical (unpaired) electrons. The molecule has 0 bridgehead atoms. The molecule has 2 unspecified atom stereocenters. The van der Waals surface area contributed by atoms with Crippen LogP contribution in [0.5, 0.6) is 0 Å². The lowest BCUT2D eigenvalue weighted by molar-refractivity contribution is -0.870. The van der Waals surface area contributed by atoms with Crippen LogP contribution in [-0.4, -0.2) is 87.4 Å². The summed E-state index contributed by atoms with van der Waals surface area (Å²) in [4.78, 5) is 37.7. The highest BCUT2D eigenvalue weighted by Gasteiger charge is 2.25. The van der Waals surface area contributed by atoms with Crippen LogP contribution >= 0.6 is 0 Å². The molecule has 538 valence electrons. The van der Waals surface area contributed by atoms with Crippen LogP contribution in [0.1, 0.15) is 361 Å². The number of carboxylic acids is 1. The van der Waals surface area contributed by atoms with E-state index in [1.165, 1.54) is 250 Å². The maximum Gasteiger partial charge on any atom is 0.361 e. The first kappa shape index (κ1) is 89.2. The van der Waals surface area contributed by atoms with Gasteiger partial charge in [0.2, 0.25) is 0 Å². The Labute approximate surface area is 575 Å². The van der Waals surface area contributed by atoms with Crippen molar-refractivity contribution in [2.45, 2.75) is 373 Å². The number of nitrogens with zero attached hydrogens (tertiary/aromatic N) is 1. The van der Waals surface area contributed by atoms with Gasteiger partial charge in [0.25, 0.3) is 6.29 Å². The number of carboxylic acid groups (broad SMARTS) is 1. The average Bonchev–Trinajstić information content (AvgIpc) is 3.74. The van der Waals surface area contributed by atoms with E-state index < -0.39 is 24.3 Å². The van der Waals surface area contributed by atoms with Crippen LogP contribution in [0.25, 0.3) is 0 Å². The van der Waals surface area contributed by atoms with Crippen molar-refractivity contribution < 1.29 is 42.9 Å². The van der Waals surface area contributed by atoms with Crippen molar-refractivity contribution in [3.8, 4) is 0 Å². The molecule has 0 aliphatic rings. The molecule has 0 heterocycles. The fourth-order valence-electron chi connectivity index (χ4n) is 11.3. The molecule has 0 spiro atoms. The summed E-state index contributed by atoms with van der Waals surface area (Å²) in [6.07, 6.45) is 99.8. The second kappa shape index (κ2) is 74.0. The molecule has 9 nitrogen and oxygen atoms in total. The van der Waals surface area contributed by atoms with E-state index in [4.69, 9.17) is 18.9 Å². The number of carbonyl (C=O) groups excluding carboxylic acids is 2. The molecule has 0 aromatic heterocycles. The normalized spacial score (nSPS) is 13.2. The van der Waals surface area contributed by atoms with Gasteiger partial charge in [0, 0.05) is 12.8 Å². The zero-order valence-corrected chi connectivity index (χ0v) is 61.7. The summed E-state index contributed by atoms with van der Waals surface area (Å²) in [6.45, 7) is 4.80. The lowest BCUT2D eigenvalue weighted by Crippen LogP contribution is -2.40. The molecular weight excluding hydrogens is 1150 g/mol. The summed E-state index contributed by atoms with van der Waals surface area (Å²) in [5.41, 5.74) is 0. The minimum atomic E-state index is -1.51. The van der Waals surface area contributed by atoms with Crippen LogP contribution in [-0.2, 0) is 33.3 Å². The van der Waals surface area contributed by atoms with E-state index in [-0.39, 0.29) is 32.2 Å². The van der Waals surface area contributed by atoms with Crippen LogP contribution in [0.3, 0.4) is 0 Å². The zero-order chi connectivity index (χ0) is 67.5. The second-order valence-electron chi connectivity index (χ2n) is 27.6. The van der Waals surface area contributed by atoms with Crippen LogP contribution in [0.15, 0.2) is 97.2 Å². The summed E-state index contributed by atoms with van der Waals surface area (Å²) in [5, 5.41) is 9.77. The third kappa shape index (κ3) is 75.5. The summed E-state index contributed by atoms with van der Waals surface area (Å²) < 4.78 is 23.1. The highest BCUT2D eigenvalue weighted by molar-refractivity contribution is 5.71. The Kier molecular flexibility index (Phi) is 71.0. The zero-order valence-electron chi connectivity index (χ0n) is 61.7.